The Labute approximate surface area is 161 Å². The van der Waals surface area contributed by atoms with Crippen LogP contribution >= 0.6 is 0 Å². The van der Waals surface area contributed by atoms with Gasteiger partial charge in [0.1, 0.15) is 0 Å². The molecule has 2 N–H and O–H groups in total. The van der Waals surface area contributed by atoms with E-state index in [2.05, 4.69) is 10.6 Å². The zero-order chi connectivity index (χ0) is 19.9. The number of nitrogens with one attached hydrogen (secondary N) is 2. The Morgan fingerprint density at radius 3 is 2.57 bits per heavy atom. The maximum absolute atomic E-state index is 12.3. The molecule has 0 aromatic heterocycles. The largest absolute Gasteiger partial charge is 0.454 e. The van der Waals surface area contributed by atoms with Crippen LogP contribution in [0.25, 0.3) is 6.08 Å². The van der Waals surface area contributed by atoms with Crippen LogP contribution in [0.2, 0.25) is 0 Å². The third-order valence-electron chi connectivity index (χ3n) is 3.85. The van der Waals surface area contributed by atoms with Gasteiger partial charge < -0.3 is 19.5 Å². The van der Waals surface area contributed by atoms with Crippen LogP contribution in [-0.2, 0) is 14.3 Å². The predicted octanol–water partition coefficient (Wildman–Crippen LogP) is 2.17. The first-order valence-corrected chi connectivity index (χ1v) is 8.42. The molecule has 2 aromatic rings. The van der Waals surface area contributed by atoms with Gasteiger partial charge in [0.05, 0.1) is 0 Å². The number of urea groups is 1. The number of amides is 3. The van der Waals surface area contributed by atoms with Crippen molar-refractivity contribution in [2.75, 3.05) is 13.8 Å². The SMILES string of the molecule is CNC(=O)NC(=O)C(OC(=O)/C=C/c1ccc2c(c1)OCO2)c1ccccc1. The summed E-state index contributed by atoms with van der Waals surface area (Å²) in [6.45, 7) is 0.156. The van der Waals surface area contributed by atoms with Crippen molar-refractivity contribution in [2.24, 2.45) is 0 Å². The lowest BCUT2D eigenvalue weighted by atomic mass is 10.1. The molecular weight excluding hydrogens is 364 g/mol. The minimum atomic E-state index is -1.27. The van der Waals surface area contributed by atoms with Crippen molar-refractivity contribution < 1.29 is 28.6 Å². The van der Waals surface area contributed by atoms with E-state index < -0.39 is 24.0 Å². The number of hydrogen-bond donors (Lipinski definition) is 2. The summed E-state index contributed by atoms with van der Waals surface area (Å²) in [5, 5.41) is 4.39. The van der Waals surface area contributed by atoms with E-state index in [9.17, 15) is 14.4 Å². The number of hydrogen-bond acceptors (Lipinski definition) is 6. The zero-order valence-electron chi connectivity index (χ0n) is 15.0. The standard InChI is InChI=1S/C20H18N2O6/c1-21-20(25)22-19(24)18(14-5-3-2-4-6-14)28-17(23)10-8-13-7-9-15-16(11-13)27-12-26-15/h2-11,18H,12H2,1H3,(H2,21,22,24,25)/b10-8+. The quantitative estimate of drug-likeness (QED) is 0.607. The summed E-state index contributed by atoms with van der Waals surface area (Å²) < 4.78 is 15.8. The summed E-state index contributed by atoms with van der Waals surface area (Å²) in [6, 6.07) is 12.9. The van der Waals surface area contributed by atoms with E-state index in [1.54, 1.807) is 48.5 Å². The van der Waals surface area contributed by atoms with E-state index in [-0.39, 0.29) is 6.79 Å². The van der Waals surface area contributed by atoms with Crippen LogP contribution in [0.4, 0.5) is 4.79 Å². The molecule has 0 saturated carbocycles. The van der Waals surface area contributed by atoms with Gasteiger partial charge in [0.15, 0.2) is 11.5 Å². The highest BCUT2D eigenvalue weighted by Gasteiger charge is 2.25. The molecule has 28 heavy (non-hydrogen) atoms. The summed E-state index contributed by atoms with van der Waals surface area (Å²) in [7, 11) is 1.38. The second kappa shape index (κ2) is 8.72. The van der Waals surface area contributed by atoms with Crippen LogP contribution in [0.15, 0.2) is 54.6 Å². The molecule has 0 fully saturated rings. The van der Waals surface area contributed by atoms with Gasteiger partial charge in [0.25, 0.3) is 5.91 Å². The molecule has 1 unspecified atom stereocenters. The molecule has 0 radical (unpaired) electrons. The summed E-state index contributed by atoms with van der Waals surface area (Å²) in [6.07, 6.45) is 1.45. The number of esters is 1. The van der Waals surface area contributed by atoms with Gasteiger partial charge in [-0.1, -0.05) is 36.4 Å². The first-order chi connectivity index (χ1) is 13.6. The monoisotopic (exact) mass is 382 g/mol. The second-order valence-corrected chi connectivity index (χ2v) is 5.74. The Kier molecular flexibility index (Phi) is 5.91. The smallest absolute Gasteiger partial charge is 0.331 e. The third kappa shape index (κ3) is 4.67. The molecule has 1 heterocycles. The topological polar surface area (TPSA) is 103 Å². The van der Waals surface area contributed by atoms with Crippen molar-refractivity contribution in [3.8, 4) is 11.5 Å². The first kappa shape index (κ1) is 19.0. The average Bonchev–Trinajstić information content (AvgIpc) is 3.18. The normalized spacial score (nSPS) is 13.0. The van der Waals surface area contributed by atoms with Crippen LogP contribution in [0.5, 0.6) is 11.5 Å². The molecule has 0 bridgehead atoms. The first-order valence-electron chi connectivity index (χ1n) is 8.42. The van der Waals surface area contributed by atoms with Crippen molar-refractivity contribution in [2.45, 2.75) is 6.10 Å². The van der Waals surface area contributed by atoms with E-state index in [4.69, 9.17) is 14.2 Å². The molecule has 0 aliphatic carbocycles. The number of fused-ring (bicyclic) bond motifs is 1. The van der Waals surface area contributed by atoms with Gasteiger partial charge in [-0.15, -0.1) is 0 Å². The number of carbonyl (C=O) groups is 3. The van der Waals surface area contributed by atoms with Crippen molar-refractivity contribution in [1.29, 1.82) is 0 Å². The summed E-state index contributed by atoms with van der Waals surface area (Å²) >= 11 is 0. The van der Waals surface area contributed by atoms with Crippen LogP contribution in [0.3, 0.4) is 0 Å². The summed E-state index contributed by atoms with van der Waals surface area (Å²) in [4.78, 5) is 36.0. The minimum absolute atomic E-state index is 0.156. The van der Waals surface area contributed by atoms with Crippen molar-refractivity contribution in [3.63, 3.8) is 0 Å². The third-order valence-corrected chi connectivity index (χ3v) is 3.85. The van der Waals surface area contributed by atoms with Crippen molar-refractivity contribution >= 4 is 24.0 Å². The van der Waals surface area contributed by atoms with E-state index in [0.29, 0.717) is 22.6 Å². The zero-order valence-corrected chi connectivity index (χ0v) is 15.0. The van der Waals surface area contributed by atoms with Gasteiger partial charge in [-0.2, -0.15) is 0 Å². The maximum atomic E-state index is 12.3. The number of imide groups is 1. The predicted molar refractivity (Wildman–Crippen MR) is 99.5 cm³/mol. The molecule has 2 aromatic carbocycles. The fourth-order valence-electron chi connectivity index (χ4n) is 2.48. The van der Waals surface area contributed by atoms with Gasteiger partial charge in [-0.3, -0.25) is 10.1 Å². The van der Waals surface area contributed by atoms with E-state index >= 15 is 0 Å². The average molecular weight is 382 g/mol. The number of carbonyl (C=O) groups excluding carboxylic acids is 3. The minimum Gasteiger partial charge on any atom is -0.454 e. The van der Waals surface area contributed by atoms with Gasteiger partial charge in [0, 0.05) is 18.7 Å². The van der Waals surface area contributed by atoms with Crippen LogP contribution < -0.4 is 20.1 Å². The lowest BCUT2D eigenvalue weighted by molar-refractivity contribution is -0.151. The highest BCUT2D eigenvalue weighted by Crippen LogP contribution is 2.32. The Morgan fingerprint density at radius 2 is 1.82 bits per heavy atom. The molecule has 1 aliphatic heterocycles. The molecule has 8 heteroatoms. The van der Waals surface area contributed by atoms with Crippen molar-refractivity contribution in [3.05, 3.63) is 65.7 Å². The maximum Gasteiger partial charge on any atom is 0.331 e. The highest BCUT2D eigenvalue weighted by molar-refractivity contribution is 5.98. The number of benzene rings is 2. The highest BCUT2D eigenvalue weighted by atomic mass is 16.7. The molecule has 3 amide bonds. The Morgan fingerprint density at radius 1 is 1.07 bits per heavy atom. The Balaban J connectivity index is 1.71. The van der Waals surface area contributed by atoms with Gasteiger partial charge in [-0.25, -0.2) is 9.59 Å². The molecule has 0 saturated heterocycles. The molecule has 3 rings (SSSR count). The lowest BCUT2D eigenvalue weighted by Crippen LogP contribution is -2.41. The lowest BCUT2D eigenvalue weighted by Gasteiger charge is -2.16. The second-order valence-electron chi connectivity index (χ2n) is 5.74. The van der Waals surface area contributed by atoms with Gasteiger partial charge in [0.2, 0.25) is 12.9 Å². The molecule has 0 spiro atoms. The van der Waals surface area contributed by atoms with Crippen LogP contribution in [0, 0.1) is 0 Å². The molecule has 1 aliphatic rings. The van der Waals surface area contributed by atoms with Crippen LogP contribution in [-0.4, -0.2) is 31.7 Å². The summed E-state index contributed by atoms with van der Waals surface area (Å²) in [5.41, 5.74) is 1.14. The number of ether oxygens (including phenoxy) is 3. The van der Waals surface area contributed by atoms with E-state index in [1.807, 2.05) is 0 Å². The van der Waals surface area contributed by atoms with Gasteiger partial charge >= 0.3 is 12.0 Å². The van der Waals surface area contributed by atoms with Gasteiger partial charge in [-0.05, 0) is 23.8 Å². The number of rotatable bonds is 5. The van der Waals surface area contributed by atoms with Crippen molar-refractivity contribution in [1.82, 2.24) is 10.6 Å². The summed E-state index contributed by atoms with van der Waals surface area (Å²) in [5.74, 6) is -0.272. The molecular formula is C20H18N2O6. The van der Waals surface area contributed by atoms with E-state index in [1.165, 1.54) is 19.2 Å². The molecule has 144 valence electrons. The fraction of sp³-hybridized carbons (Fsp3) is 0.150. The molecule has 8 nitrogen and oxygen atoms in total. The Hall–Kier alpha value is -3.81. The van der Waals surface area contributed by atoms with Crippen LogP contribution in [0.1, 0.15) is 17.2 Å². The molecule has 1 atom stereocenters. The fourth-order valence-corrected chi connectivity index (χ4v) is 2.48. The Bertz CT molecular complexity index is 910. The van der Waals surface area contributed by atoms with E-state index in [0.717, 1.165) is 0 Å².